The second kappa shape index (κ2) is 7.85. The van der Waals surface area contributed by atoms with Crippen molar-refractivity contribution >= 4 is 39.7 Å². The van der Waals surface area contributed by atoms with Crippen LogP contribution in [0.3, 0.4) is 0 Å². The topological polar surface area (TPSA) is 90.2 Å². The van der Waals surface area contributed by atoms with Crippen LogP contribution in [0.1, 0.15) is 5.56 Å². The number of fused-ring (bicyclic) bond motifs is 1. The van der Waals surface area contributed by atoms with Crippen LogP contribution in [0.15, 0.2) is 42.7 Å². The molecule has 0 aliphatic rings. The molecule has 28 heavy (non-hydrogen) atoms. The lowest BCUT2D eigenvalue weighted by atomic mass is 10.1. The monoisotopic (exact) mass is 412 g/mol. The lowest BCUT2D eigenvalue weighted by Gasteiger charge is -2.14. The summed E-state index contributed by atoms with van der Waals surface area (Å²) in [6, 6.07) is 7.13. The van der Waals surface area contributed by atoms with Gasteiger partial charge in [-0.05, 0) is 24.3 Å². The van der Waals surface area contributed by atoms with Gasteiger partial charge in [0.05, 0.1) is 27.3 Å². The van der Waals surface area contributed by atoms with E-state index in [1.165, 1.54) is 30.6 Å². The summed E-state index contributed by atoms with van der Waals surface area (Å²) in [5, 5.41) is 14.3. The fourth-order valence-corrected chi connectivity index (χ4v) is 2.62. The Morgan fingerprint density at radius 2 is 2.00 bits per heavy atom. The van der Waals surface area contributed by atoms with E-state index in [-0.39, 0.29) is 40.8 Å². The fourth-order valence-electron chi connectivity index (χ4n) is 2.55. The molecule has 0 saturated heterocycles. The Bertz CT molecular complexity index is 1030. The fraction of sp³-hybridized carbons (Fsp3) is 0.176. The summed E-state index contributed by atoms with van der Waals surface area (Å²) >= 11 is 5.62. The first-order chi connectivity index (χ1) is 13.3. The molecular weight excluding hydrogens is 401 g/mol. The highest BCUT2D eigenvalue weighted by atomic mass is 35.5. The molecule has 3 rings (SSSR count). The van der Waals surface area contributed by atoms with Gasteiger partial charge in [-0.2, -0.15) is 13.2 Å². The summed E-state index contributed by atoms with van der Waals surface area (Å²) in [5.74, 6) is 0.0354. The molecule has 0 amide bonds. The van der Waals surface area contributed by atoms with E-state index in [0.29, 0.717) is 5.52 Å². The van der Waals surface area contributed by atoms with Gasteiger partial charge >= 0.3 is 11.9 Å². The van der Waals surface area contributed by atoms with Crippen LogP contribution in [0.2, 0.25) is 0 Å². The van der Waals surface area contributed by atoms with Crippen LogP contribution in [-0.4, -0.2) is 27.4 Å². The number of rotatable bonds is 6. The zero-order valence-corrected chi connectivity index (χ0v) is 14.8. The third-order valence-electron chi connectivity index (χ3n) is 3.71. The molecule has 0 fully saturated rings. The van der Waals surface area contributed by atoms with Crippen LogP contribution < -0.4 is 10.1 Å². The molecule has 0 atom stereocenters. The highest BCUT2D eigenvalue weighted by Gasteiger charge is 2.30. The van der Waals surface area contributed by atoms with E-state index in [2.05, 4.69) is 15.3 Å². The normalized spacial score (nSPS) is 11.4. The predicted molar refractivity (Wildman–Crippen MR) is 97.1 cm³/mol. The predicted octanol–water partition coefficient (Wildman–Crippen LogP) is 4.92. The molecule has 0 aliphatic heterocycles. The van der Waals surface area contributed by atoms with E-state index in [9.17, 15) is 23.3 Å². The minimum Gasteiger partial charge on any atom is -0.485 e. The summed E-state index contributed by atoms with van der Waals surface area (Å²) < 4.78 is 44.3. The van der Waals surface area contributed by atoms with Crippen LogP contribution in [0.5, 0.6) is 5.75 Å². The molecule has 0 unspecified atom stereocenters. The summed E-state index contributed by atoms with van der Waals surface area (Å²) in [4.78, 5) is 18.8. The Balaban J connectivity index is 2.13. The molecule has 1 aromatic heterocycles. The Morgan fingerprint density at radius 3 is 2.68 bits per heavy atom. The summed E-state index contributed by atoms with van der Waals surface area (Å²) in [7, 11) is 0. The van der Waals surface area contributed by atoms with E-state index in [4.69, 9.17) is 16.3 Å². The molecular formula is C17H12ClF3N4O3. The number of anilines is 2. The minimum absolute atomic E-state index is 0.0145. The van der Waals surface area contributed by atoms with Crippen LogP contribution in [-0.2, 0) is 6.18 Å². The van der Waals surface area contributed by atoms with E-state index >= 15 is 0 Å². The van der Waals surface area contributed by atoms with Gasteiger partial charge in [0, 0.05) is 11.8 Å². The molecule has 0 bridgehead atoms. The number of nitro groups is 1. The number of nitrogens with one attached hydrogen (secondary N) is 1. The van der Waals surface area contributed by atoms with E-state index in [1.807, 2.05) is 0 Å². The molecule has 11 heteroatoms. The number of hydrogen-bond donors (Lipinski definition) is 1. The first-order valence-corrected chi connectivity index (χ1v) is 8.40. The smallest absolute Gasteiger partial charge is 0.416 e. The third kappa shape index (κ3) is 4.06. The van der Waals surface area contributed by atoms with Crippen molar-refractivity contribution in [2.75, 3.05) is 17.8 Å². The average molecular weight is 413 g/mol. The van der Waals surface area contributed by atoms with Crippen molar-refractivity contribution in [1.82, 2.24) is 9.97 Å². The average Bonchev–Trinajstić information content (AvgIpc) is 2.65. The SMILES string of the molecule is O=[N+]([O-])c1ccc2ncnc(Nc3cccc(C(F)(F)F)c3)c2c1OCCCl. The number of nitro benzene ring substituents is 1. The molecule has 0 saturated carbocycles. The Labute approximate surface area is 161 Å². The second-order valence-corrected chi connectivity index (χ2v) is 5.91. The van der Waals surface area contributed by atoms with Crippen molar-refractivity contribution in [2.45, 2.75) is 6.18 Å². The Hall–Kier alpha value is -3.14. The van der Waals surface area contributed by atoms with Gasteiger partial charge in [0.1, 0.15) is 18.8 Å². The lowest BCUT2D eigenvalue weighted by molar-refractivity contribution is -0.385. The van der Waals surface area contributed by atoms with Crippen molar-refractivity contribution in [1.29, 1.82) is 0 Å². The van der Waals surface area contributed by atoms with Gasteiger partial charge in [0.15, 0.2) is 0 Å². The van der Waals surface area contributed by atoms with Gasteiger partial charge in [-0.15, -0.1) is 11.6 Å². The van der Waals surface area contributed by atoms with Crippen molar-refractivity contribution in [3.05, 3.63) is 58.4 Å². The lowest BCUT2D eigenvalue weighted by Crippen LogP contribution is -2.06. The van der Waals surface area contributed by atoms with Gasteiger partial charge in [-0.1, -0.05) is 6.07 Å². The number of nitrogens with zero attached hydrogens (tertiary/aromatic N) is 3. The maximum absolute atomic E-state index is 12.9. The zero-order chi connectivity index (χ0) is 20.3. The first kappa shape index (κ1) is 19.6. The molecule has 7 nitrogen and oxygen atoms in total. The van der Waals surface area contributed by atoms with Crippen molar-refractivity contribution in [2.24, 2.45) is 0 Å². The third-order valence-corrected chi connectivity index (χ3v) is 3.86. The summed E-state index contributed by atoms with van der Waals surface area (Å²) in [6.45, 7) is -0.0145. The Morgan fingerprint density at radius 1 is 1.21 bits per heavy atom. The zero-order valence-electron chi connectivity index (χ0n) is 14.0. The largest absolute Gasteiger partial charge is 0.485 e. The summed E-state index contributed by atoms with van der Waals surface area (Å²) in [6.07, 6.45) is -3.33. The van der Waals surface area contributed by atoms with Gasteiger partial charge in [-0.3, -0.25) is 10.1 Å². The van der Waals surface area contributed by atoms with Crippen LogP contribution >= 0.6 is 11.6 Å². The number of ether oxygens (including phenoxy) is 1. The van der Waals surface area contributed by atoms with Crippen molar-refractivity contribution < 1.29 is 22.8 Å². The van der Waals surface area contributed by atoms with Crippen LogP contribution in [0, 0.1) is 10.1 Å². The number of alkyl halides is 4. The van der Waals surface area contributed by atoms with Gasteiger partial charge in [-0.25, -0.2) is 9.97 Å². The highest BCUT2D eigenvalue weighted by molar-refractivity contribution is 6.18. The molecule has 1 N–H and O–H groups in total. The van der Waals surface area contributed by atoms with Crippen LogP contribution in [0.4, 0.5) is 30.4 Å². The van der Waals surface area contributed by atoms with E-state index in [1.54, 1.807) is 0 Å². The van der Waals surface area contributed by atoms with Gasteiger partial charge < -0.3 is 10.1 Å². The van der Waals surface area contributed by atoms with Crippen molar-refractivity contribution in [3.63, 3.8) is 0 Å². The number of halogens is 4. The Kier molecular flexibility index (Phi) is 5.50. The number of hydrogen-bond acceptors (Lipinski definition) is 6. The minimum atomic E-state index is -4.52. The van der Waals surface area contributed by atoms with Crippen molar-refractivity contribution in [3.8, 4) is 5.75 Å². The first-order valence-electron chi connectivity index (χ1n) is 7.86. The quantitative estimate of drug-likeness (QED) is 0.351. The van der Waals surface area contributed by atoms with Gasteiger partial charge in [0.2, 0.25) is 5.75 Å². The molecule has 1 heterocycles. The molecule has 2 aromatic carbocycles. The molecule has 0 radical (unpaired) electrons. The van der Waals surface area contributed by atoms with E-state index < -0.39 is 16.7 Å². The molecule has 3 aromatic rings. The standard InChI is InChI=1S/C17H12ClF3N4O3/c18-6-7-28-15-13(25(26)27)5-4-12-14(15)16(23-9-22-12)24-11-3-1-2-10(8-11)17(19,20)21/h1-5,8-9H,6-7H2,(H,22,23,24). The van der Waals surface area contributed by atoms with E-state index in [0.717, 1.165) is 12.1 Å². The van der Waals surface area contributed by atoms with Crippen LogP contribution in [0.25, 0.3) is 10.9 Å². The second-order valence-electron chi connectivity index (χ2n) is 5.53. The van der Waals surface area contributed by atoms with Gasteiger partial charge in [0.25, 0.3) is 0 Å². The maximum atomic E-state index is 12.9. The summed E-state index contributed by atoms with van der Waals surface area (Å²) in [5.41, 5.74) is -0.760. The number of aromatic nitrogens is 2. The number of benzene rings is 2. The molecule has 0 spiro atoms. The molecule has 0 aliphatic carbocycles. The highest BCUT2D eigenvalue weighted by Crippen LogP contribution is 2.39. The molecule has 146 valence electrons. The maximum Gasteiger partial charge on any atom is 0.416 e.